The first-order chi connectivity index (χ1) is 9.55. The molecule has 3 N–H and O–H groups in total. The number of hydrogen-bond donors (Lipinski definition) is 3. The number of thioether (sulfide) groups is 1. The Morgan fingerprint density at radius 1 is 1.33 bits per heavy atom. The first-order valence-corrected chi connectivity index (χ1v) is 9.60. The van der Waals surface area contributed by atoms with Crippen LogP contribution in [0.25, 0.3) is 0 Å². The fourth-order valence-electron chi connectivity index (χ4n) is 1.29. The summed E-state index contributed by atoms with van der Waals surface area (Å²) in [5.41, 5.74) is -1.11. The van der Waals surface area contributed by atoms with E-state index in [0.29, 0.717) is 12.2 Å². The largest absolute Gasteiger partial charge is 0.481 e. The van der Waals surface area contributed by atoms with Gasteiger partial charge < -0.3 is 10.4 Å². The number of nitrogens with one attached hydrogen (secondary N) is 2. The van der Waals surface area contributed by atoms with Crippen molar-refractivity contribution in [3.05, 3.63) is 0 Å². The van der Waals surface area contributed by atoms with Crippen LogP contribution in [0.15, 0.2) is 0 Å². The Labute approximate surface area is 130 Å². The predicted octanol–water partition coefficient (Wildman–Crippen LogP) is 0.274. The molecule has 0 aliphatic rings. The molecule has 1 amide bonds. The molecule has 0 aliphatic heterocycles. The number of sulfonamides is 1. The Morgan fingerprint density at radius 3 is 2.33 bits per heavy atom. The van der Waals surface area contributed by atoms with Crippen LogP contribution in [0.1, 0.15) is 27.2 Å². The molecule has 0 saturated carbocycles. The summed E-state index contributed by atoms with van der Waals surface area (Å²) in [6.07, 6.45) is 2.20. The maximum Gasteiger partial charge on any atom is 0.310 e. The molecule has 9 heteroatoms. The highest BCUT2D eigenvalue weighted by Crippen LogP contribution is 2.13. The minimum absolute atomic E-state index is 0.0647. The minimum Gasteiger partial charge on any atom is -0.481 e. The Kier molecular flexibility index (Phi) is 8.27. The summed E-state index contributed by atoms with van der Waals surface area (Å²) >= 11 is 1.50. The molecule has 0 fully saturated rings. The lowest BCUT2D eigenvalue weighted by atomic mass is 9.94. The average Bonchev–Trinajstić information content (AvgIpc) is 2.40. The molecule has 0 spiro atoms. The van der Waals surface area contributed by atoms with Crippen molar-refractivity contribution in [2.75, 3.05) is 24.3 Å². The zero-order valence-corrected chi connectivity index (χ0v) is 14.4. The van der Waals surface area contributed by atoms with E-state index >= 15 is 0 Å². The highest BCUT2D eigenvalue weighted by molar-refractivity contribution is 7.98. The second-order valence-electron chi connectivity index (χ2n) is 5.26. The summed E-state index contributed by atoms with van der Waals surface area (Å²) in [5, 5.41) is 11.5. The molecule has 7 nitrogen and oxygen atoms in total. The maximum absolute atomic E-state index is 12.1. The van der Waals surface area contributed by atoms with E-state index in [1.165, 1.54) is 32.5 Å². The van der Waals surface area contributed by atoms with Crippen LogP contribution in [0.4, 0.5) is 0 Å². The van der Waals surface area contributed by atoms with Crippen molar-refractivity contribution >= 4 is 33.7 Å². The van der Waals surface area contributed by atoms with Gasteiger partial charge in [0.15, 0.2) is 0 Å². The highest BCUT2D eigenvalue weighted by atomic mass is 32.2. The molecular formula is C12H24N2O5S2. The SMILES string of the molecule is CCS(=O)(=O)NC(CCSC)C(=O)NCC(C)(C)C(=O)O. The number of amides is 1. The van der Waals surface area contributed by atoms with Gasteiger partial charge in [-0.3, -0.25) is 9.59 Å². The Hall–Kier alpha value is -0.800. The van der Waals surface area contributed by atoms with E-state index in [1.54, 1.807) is 0 Å². The van der Waals surface area contributed by atoms with E-state index in [9.17, 15) is 18.0 Å². The van der Waals surface area contributed by atoms with Gasteiger partial charge in [0.05, 0.1) is 11.2 Å². The van der Waals surface area contributed by atoms with E-state index in [1.807, 2.05) is 6.26 Å². The lowest BCUT2D eigenvalue weighted by molar-refractivity contribution is -0.146. The van der Waals surface area contributed by atoms with Crippen LogP contribution in [0.5, 0.6) is 0 Å². The van der Waals surface area contributed by atoms with Gasteiger partial charge in [-0.2, -0.15) is 11.8 Å². The molecule has 124 valence electrons. The Balaban J connectivity index is 4.77. The Bertz CT molecular complexity index is 462. The van der Waals surface area contributed by atoms with E-state index < -0.39 is 33.4 Å². The lowest BCUT2D eigenvalue weighted by Gasteiger charge is -2.22. The summed E-state index contributed by atoms with van der Waals surface area (Å²) in [7, 11) is -3.50. The van der Waals surface area contributed by atoms with Crippen LogP contribution < -0.4 is 10.0 Å². The summed E-state index contributed by atoms with van der Waals surface area (Å²) in [4.78, 5) is 23.1. The number of carboxylic acids is 1. The number of carboxylic acid groups (broad SMARTS) is 1. The average molecular weight is 340 g/mol. The first-order valence-electron chi connectivity index (χ1n) is 6.55. The van der Waals surface area contributed by atoms with Gasteiger partial charge in [-0.15, -0.1) is 0 Å². The molecule has 1 atom stereocenters. The number of rotatable bonds is 10. The van der Waals surface area contributed by atoms with Crippen LogP contribution in [-0.2, 0) is 19.6 Å². The fourth-order valence-corrected chi connectivity index (χ4v) is 2.58. The molecule has 0 aliphatic carbocycles. The molecule has 0 saturated heterocycles. The van der Waals surface area contributed by atoms with Gasteiger partial charge >= 0.3 is 5.97 Å². The van der Waals surface area contributed by atoms with Crippen LogP contribution in [-0.4, -0.2) is 55.7 Å². The van der Waals surface area contributed by atoms with Crippen molar-refractivity contribution in [1.29, 1.82) is 0 Å². The highest BCUT2D eigenvalue weighted by Gasteiger charge is 2.30. The fraction of sp³-hybridized carbons (Fsp3) is 0.833. The van der Waals surface area contributed by atoms with E-state index in [2.05, 4.69) is 10.0 Å². The van der Waals surface area contributed by atoms with Gasteiger partial charge in [-0.25, -0.2) is 13.1 Å². The molecule has 0 radical (unpaired) electrons. The third-order valence-electron chi connectivity index (χ3n) is 2.91. The van der Waals surface area contributed by atoms with Crippen LogP contribution in [0.3, 0.4) is 0 Å². The molecule has 1 unspecified atom stereocenters. The van der Waals surface area contributed by atoms with Crippen molar-refractivity contribution in [2.24, 2.45) is 5.41 Å². The summed E-state index contributed by atoms with van der Waals surface area (Å²) in [5.74, 6) is -1.03. The molecule has 21 heavy (non-hydrogen) atoms. The molecule has 0 rings (SSSR count). The zero-order valence-electron chi connectivity index (χ0n) is 12.8. The second-order valence-corrected chi connectivity index (χ2v) is 8.29. The number of aliphatic carboxylic acids is 1. The van der Waals surface area contributed by atoms with E-state index in [0.717, 1.165) is 0 Å². The van der Waals surface area contributed by atoms with Crippen LogP contribution >= 0.6 is 11.8 Å². The van der Waals surface area contributed by atoms with Gasteiger partial charge in [-0.1, -0.05) is 0 Å². The Morgan fingerprint density at radius 2 is 1.90 bits per heavy atom. The van der Waals surface area contributed by atoms with Crippen molar-refractivity contribution in [3.63, 3.8) is 0 Å². The first kappa shape index (κ1) is 20.2. The van der Waals surface area contributed by atoms with Crippen LogP contribution in [0.2, 0.25) is 0 Å². The number of carbonyl (C=O) groups excluding carboxylic acids is 1. The van der Waals surface area contributed by atoms with Crippen molar-refractivity contribution < 1.29 is 23.1 Å². The number of carbonyl (C=O) groups is 2. The maximum atomic E-state index is 12.1. The topological polar surface area (TPSA) is 113 Å². The smallest absolute Gasteiger partial charge is 0.310 e. The van der Waals surface area contributed by atoms with Gasteiger partial charge in [0.25, 0.3) is 0 Å². The zero-order chi connectivity index (χ0) is 16.7. The van der Waals surface area contributed by atoms with Crippen molar-refractivity contribution in [2.45, 2.75) is 33.2 Å². The standard InChI is InChI=1S/C12H24N2O5S2/c1-5-21(18,19)14-9(6-7-20-4)10(15)13-8-12(2,3)11(16)17/h9,14H,5-8H2,1-4H3,(H,13,15)(H,16,17). The molecule has 0 bridgehead atoms. The summed E-state index contributed by atoms with van der Waals surface area (Å²) in [6, 6.07) is -0.882. The van der Waals surface area contributed by atoms with Crippen molar-refractivity contribution in [1.82, 2.24) is 10.0 Å². The van der Waals surface area contributed by atoms with Gasteiger partial charge in [0, 0.05) is 6.54 Å². The monoisotopic (exact) mass is 340 g/mol. The minimum atomic E-state index is -3.50. The van der Waals surface area contributed by atoms with E-state index in [4.69, 9.17) is 5.11 Å². The van der Waals surface area contributed by atoms with Crippen LogP contribution in [0, 0.1) is 5.41 Å². The quantitative estimate of drug-likeness (QED) is 0.526. The summed E-state index contributed by atoms with van der Waals surface area (Å²) in [6.45, 7) is 4.40. The van der Waals surface area contributed by atoms with Gasteiger partial charge in [0.1, 0.15) is 6.04 Å². The molecule has 0 aromatic carbocycles. The van der Waals surface area contributed by atoms with E-state index in [-0.39, 0.29) is 12.3 Å². The molecule has 0 heterocycles. The summed E-state index contributed by atoms with van der Waals surface area (Å²) < 4.78 is 25.5. The van der Waals surface area contributed by atoms with Gasteiger partial charge in [-0.05, 0) is 39.2 Å². The predicted molar refractivity (Wildman–Crippen MR) is 83.8 cm³/mol. The second kappa shape index (κ2) is 8.60. The third-order valence-corrected chi connectivity index (χ3v) is 4.96. The lowest BCUT2D eigenvalue weighted by Crippen LogP contribution is -2.50. The normalized spacial score (nSPS) is 13.7. The van der Waals surface area contributed by atoms with Gasteiger partial charge in [0.2, 0.25) is 15.9 Å². The number of hydrogen-bond acceptors (Lipinski definition) is 5. The van der Waals surface area contributed by atoms with Crippen molar-refractivity contribution in [3.8, 4) is 0 Å². The molecule has 0 aromatic heterocycles. The molecular weight excluding hydrogens is 316 g/mol. The molecule has 0 aromatic rings. The third kappa shape index (κ3) is 7.68.